The van der Waals surface area contributed by atoms with Gasteiger partial charge in [-0.05, 0) is 6.07 Å². The number of nitrogens with zero attached hydrogens (tertiary/aromatic N) is 1. The number of anilines is 1. The maximum absolute atomic E-state index is 11.7. The first kappa shape index (κ1) is 13.6. The molecule has 3 rings (SSSR count). The molecule has 8 nitrogen and oxygen atoms in total. The molecule has 0 saturated carbocycles. The minimum atomic E-state index is -1.71. The molecule has 0 spiro atoms. The third-order valence-corrected chi connectivity index (χ3v) is 3.13. The van der Waals surface area contributed by atoms with Crippen LogP contribution in [0.3, 0.4) is 0 Å². The van der Waals surface area contributed by atoms with Crippen LogP contribution in [0, 0.1) is 0 Å². The molecule has 0 atom stereocenters. The van der Waals surface area contributed by atoms with E-state index in [0.29, 0.717) is 0 Å². The third kappa shape index (κ3) is 1.85. The molecular weight excluding hydrogens is 292 g/mol. The van der Waals surface area contributed by atoms with E-state index in [-0.39, 0.29) is 28.1 Å². The fourth-order valence-corrected chi connectivity index (χ4v) is 2.15. The molecule has 22 heavy (non-hydrogen) atoms. The standard InChI is InChI=1S/C14H8N2O6/c15-10-6(17)4-8-12(9(10)14(20)21)16-11-5(13(18)19)2-1-3-7(11)22-8/h1-4H,15H2,(H,18,19)(H,20,21)/p-2. The summed E-state index contributed by atoms with van der Waals surface area (Å²) in [5.41, 5.74) is 2.90. The Morgan fingerprint density at radius 2 is 1.91 bits per heavy atom. The molecule has 1 aliphatic heterocycles. The van der Waals surface area contributed by atoms with Gasteiger partial charge in [0.2, 0.25) is 5.43 Å². The first-order chi connectivity index (χ1) is 10.4. The Bertz CT molecular complexity index is 975. The number of benzene rings is 2. The van der Waals surface area contributed by atoms with Gasteiger partial charge in [0.05, 0.1) is 23.2 Å². The maximum atomic E-state index is 11.7. The molecule has 1 aromatic carbocycles. The molecule has 0 saturated heterocycles. The molecule has 2 aliphatic rings. The number of aromatic carboxylic acids is 2. The van der Waals surface area contributed by atoms with E-state index in [0.717, 1.165) is 6.07 Å². The van der Waals surface area contributed by atoms with Gasteiger partial charge in [-0.15, -0.1) is 0 Å². The van der Waals surface area contributed by atoms with Crippen molar-refractivity contribution in [1.29, 1.82) is 0 Å². The lowest BCUT2D eigenvalue weighted by molar-refractivity contribution is -0.255. The zero-order valence-corrected chi connectivity index (χ0v) is 10.8. The average molecular weight is 298 g/mol. The highest BCUT2D eigenvalue weighted by Gasteiger charge is 2.21. The summed E-state index contributed by atoms with van der Waals surface area (Å²) in [6.45, 7) is 0. The van der Waals surface area contributed by atoms with Gasteiger partial charge in [0.1, 0.15) is 11.2 Å². The van der Waals surface area contributed by atoms with E-state index in [1.165, 1.54) is 18.2 Å². The van der Waals surface area contributed by atoms with Crippen LogP contribution in [0.1, 0.15) is 20.7 Å². The minimum Gasteiger partial charge on any atom is -0.545 e. The van der Waals surface area contributed by atoms with Crippen LogP contribution < -0.4 is 21.4 Å². The summed E-state index contributed by atoms with van der Waals surface area (Å²) in [5.74, 6) is -3.36. The van der Waals surface area contributed by atoms with E-state index >= 15 is 0 Å². The number of carboxylic acids is 2. The first-order valence-corrected chi connectivity index (χ1v) is 5.99. The van der Waals surface area contributed by atoms with E-state index in [9.17, 15) is 24.6 Å². The van der Waals surface area contributed by atoms with Crippen LogP contribution in [0.5, 0.6) is 0 Å². The maximum Gasteiger partial charge on any atom is 0.205 e. The van der Waals surface area contributed by atoms with Crippen molar-refractivity contribution in [3.8, 4) is 11.5 Å². The number of carbonyl (C=O) groups is 2. The van der Waals surface area contributed by atoms with Crippen molar-refractivity contribution in [1.82, 2.24) is 4.98 Å². The number of carboxylic acid groups (broad SMARTS) is 2. The van der Waals surface area contributed by atoms with Crippen molar-refractivity contribution in [2.24, 2.45) is 0 Å². The SMILES string of the molecule is Nc1c(C(=O)[O-])c2nc3c(C(=O)[O-])cccc3oc-2cc1=O. The minimum absolute atomic E-state index is 0.0580. The normalized spacial score (nSPS) is 10.9. The quantitative estimate of drug-likeness (QED) is 0.448. The summed E-state index contributed by atoms with van der Waals surface area (Å²) < 4.78 is 5.36. The fraction of sp³-hybridized carbons (Fsp3) is 0. The number of rotatable bonds is 2. The van der Waals surface area contributed by atoms with Crippen LogP contribution in [0.4, 0.5) is 5.69 Å². The van der Waals surface area contributed by atoms with Crippen molar-refractivity contribution in [2.45, 2.75) is 0 Å². The topological polar surface area (TPSA) is 149 Å². The lowest BCUT2D eigenvalue weighted by atomic mass is 10.1. The largest absolute Gasteiger partial charge is 0.545 e. The van der Waals surface area contributed by atoms with Crippen LogP contribution in [-0.4, -0.2) is 16.9 Å². The summed E-state index contributed by atoms with van der Waals surface area (Å²) in [4.78, 5) is 37.9. The van der Waals surface area contributed by atoms with E-state index in [2.05, 4.69) is 4.98 Å². The van der Waals surface area contributed by atoms with Crippen LogP contribution in [0.25, 0.3) is 22.6 Å². The third-order valence-electron chi connectivity index (χ3n) is 3.13. The highest BCUT2D eigenvalue weighted by Crippen LogP contribution is 2.30. The Morgan fingerprint density at radius 3 is 2.55 bits per heavy atom. The van der Waals surface area contributed by atoms with Crippen molar-refractivity contribution >= 4 is 28.7 Å². The second-order valence-electron chi connectivity index (χ2n) is 4.45. The van der Waals surface area contributed by atoms with E-state index in [1.54, 1.807) is 0 Å². The van der Waals surface area contributed by atoms with E-state index in [1.807, 2.05) is 0 Å². The molecule has 8 heteroatoms. The number of para-hydroxylation sites is 1. The molecule has 110 valence electrons. The zero-order chi connectivity index (χ0) is 16.0. The number of fused-ring (bicyclic) bond motifs is 2. The second-order valence-corrected chi connectivity index (χ2v) is 4.45. The number of nitrogens with two attached hydrogens (primary N) is 1. The van der Waals surface area contributed by atoms with Gasteiger partial charge in [0, 0.05) is 11.6 Å². The highest BCUT2D eigenvalue weighted by molar-refractivity contribution is 6.03. The number of hydrogen-bond acceptors (Lipinski definition) is 8. The summed E-state index contributed by atoms with van der Waals surface area (Å²) >= 11 is 0. The molecule has 0 fully saturated rings. The van der Waals surface area contributed by atoms with Crippen LogP contribution >= 0.6 is 0 Å². The molecule has 0 aromatic heterocycles. The number of carbonyl (C=O) groups excluding carboxylic acids is 2. The molecular formula is C14H6N2O6-2. The number of nitrogen functional groups attached to an aromatic ring is 1. The van der Waals surface area contributed by atoms with Crippen molar-refractivity contribution in [2.75, 3.05) is 5.73 Å². The van der Waals surface area contributed by atoms with Gasteiger partial charge in [-0.2, -0.15) is 0 Å². The lowest BCUT2D eigenvalue weighted by Gasteiger charge is -2.15. The van der Waals surface area contributed by atoms with Gasteiger partial charge in [0.25, 0.3) is 0 Å². The summed E-state index contributed by atoms with van der Waals surface area (Å²) in [7, 11) is 0. The first-order valence-electron chi connectivity index (χ1n) is 5.99. The van der Waals surface area contributed by atoms with E-state index in [4.69, 9.17) is 10.2 Å². The molecule has 1 heterocycles. The molecule has 0 bridgehead atoms. The Labute approximate surface area is 121 Å². The number of aromatic nitrogens is 1. The predicted octanol–water partition coefficient (Wildman–Crippen LogP) is -1.40. The summed E-state index contributed by atoms with van der Waals surface area (Å²) in [6.07, 6.45) is 0. The Balaban J connectivity index is 2.55. The van der Waals surface area contributed by atoms with Crippen molar-refractivity contribution in [3.63, 3.8) is 0 Å². The number of hydrogen-bond donors (Lipinski definition) is 1. The predicted molar refractivity (Wildman–Crippen MR) is 70.0 cm³/mol. The Hall–Kier alpha value is -3.42. The molecule has 1 aliphatic carbocycles. The molecule has 0 unspecified atom stereocenters. The van der Waals surface area contributed by atoms with Gasteiger partial charge in [-0.3, -0.25) is 4.79 Å². The average Bonchev–Trinajstić information content (AvgIpc) is 2.45. The summed E-state index contributed by atoms with van der Waals surface area (Å²) in [6, 6.07) is 5.04. The molecule has 1 aromatic rings. The smallest absolute Gasteiger partial charge is 0.205 e. The van der Waals surface area contributed by atoms with Gasteiger partial charge < -0.3 is 30.0 Å². The fourth-order valence-electron chi connectivity index (χ4n) is 2.15. The van der Waals surface area contributed by atoms with Gasteiger partial charge in [0.15, 0.2) is 11.3 Å². The van der Waals surface area contributed by atoms with Gasteiger partial charge >= 0.3 is 0 Å². The Kier molecular flexibility index (Phi) is 2.81. The zero-order valence-electron chi connectivity index (χ0n) is 10.8. The van der Waals surface area contributed by atoms with Crippen molar-refractivity contribution < 1.29 is 24.2 Å². The molecule has 2 N–H and O–H groups in total. The van der Waals surface area contributed by atoms with Gasteiger partial charge in [-0.1, -0.05) is 12.1 Å². The molecule has 0 radical (unpaired) electrons. The van der Waals surface area contributed by atoms with Crippen LogP contribution in [-0.2, 0) is 0 Å². The second kappa shape index (κ2) is 4.55. The van der Waals surface area contributed by atoms with Crippen LogP contribution in [0.2, 0.25) is 0 Å². The van der Waals surface area contributed by atoms with Gasteiger partial charge in [-0.25, -0.2) is 4.98 Å². The molecule has 0 amide bonds. The summed E-state index contributed by atoms with van der Waals surface area (Å²) in [5, 5.41) is 22.3. The Morgan fingerprint density at radius 1 is 1.18 bits per heavy atom. The van der Waals surface area contributed by atoms with Crippen molar-refractivity contribution in [3.05, 3.63) is 45.6 Å². The monoisotopic (exact) mass is 298 g/mol. The van der Waals surface area contributed by atoms with Crippen LogP contribution in [0.15, 0.2) is 33.5 Å². The van der Waals surface area contributed by atoms with E-state index < -0.39 is 28.6 Å². The highest BCUT2D eigenvalue weighted by atomic mass is 16.4. The lowest BCUT2D eigenvalue weighted by Crippen LogP contribution is -2.28.